The molecule has 0 bridgehead atoms. The van der Waals surface area contributed by atoms with Gasteiger partial charge in [-0.25, -0.2) is 4.98 Å². The molecule has 1 unspecified atom stereocenters. The third-order valence-corrected chi connectivity index (χ3v) is 4.32. The highest BCUT2D eigenvalue weighted by Crippen LogP contribution is 2.26. The maximum absolute atomic E-state index is 5.86. The van der Waals surface area contributed by atoms with Crippen molar-refractivity contribution in [3.05, 3.63) is 29.3 Å². The third-order valence-electron chi connectivity index (χ3n) is 2.50. The number of hydrogen-bond acceptors (Lipinski definition) is 5. The van der Waals surface area contributed by atoms with Crippen molar-refractivity contribution < 1.29 is 0 Å². The van der Waals surface area contributed by atoms with Crippen molar-refractivity contribution >= 4 is 33.5 Å². The van der Waals surface area contributed by atoms with E-state index in [2.05, 4.69) is 48.7 Å². The molecule has 5 heteroatoms. The van der Waals surface area contributed by atoms with Gasteiger partial charge in [0.2, 0.25) is 0 Å². The molecule has 0 amide bonds. The summed E-state index contributed by atoms with van der Waals surface area (Å²) < 4.78 is 4.85. The lowest BCUT2D eigenvalue weighted by atomic mass is 10.1. The van der Waals surface area contributed by atoms with Crippen LogP contribution in [0.15, 0.2) is 23.7 Å². The molecule has 3 nitrogen and oxygen atoms in total. The van der Waals surface area contributed by atoms with Crippen molar-refractivity contribution in [2.45, 2.75) is 31.6 Å². The fraction of sp³-hybridized carbons (Fsp3) is 0.462. The summed E-state index contributed by atoms with van der Waals surface area (Å²) in [6.07, 6.45) is 0. The standard InChI is InChI=1S/C13H19N3S2/c1-13(2,3)18-16-11(7-14)9-4-5-12-10(6-9)15-8-17-12/h4-6,8,11,16H,7,14H2,1-3H3. The molecule has 0 fully saturated rings. The summed E-state index contributed by atoms with van der Waals surface area (Å²) in [5.41, 5.74) is 9.99. The third kappa shape index (κ3) is 3.45. The van der Waals surface area contributed by atoms with Crippen molar-refractivity contribution in [3.8, 4) is 0 Å². The molecule has 1 heterocycles. The Morgan fingerprint density at radius 2 is 2.22 bits per heavy atom. The molecule has 2 rings (SSSR count). The Bertz CT molecular complexity index is 516. The minimum Gasteiger partial charge on any atom is -0.329 e. The molecule has 0 saturated carbocycles. The Labute approximate surface area is 116 Å². The second-order valence-corrected chi connectivity index (χ2v) is 7.75. The van der Waals surface area contributed by atoms with Gasteiger partial charge in [0.05, 0.1) is 21.8 Å². The number of nitrogens with zero attached hydrogens (tertiary/aromatic N) is 1. The first-order valence-corrected chi connectivity index (χ1v) is 7.66. The molecule has 0 aliphatic rings. The summed E-state index contributed by atoms with van der Waals surface area (Å²) in [7, 11) is 0. The fourth-order valence-electron chi connectivity index (χ4n) is 1.59. The number of benzene rings is 1. The maximum Gasteiger partial charge on any atom is 0.0815 e. The number of aromatic nitrogens is 1. The largest absolute Gasteiger partial charge is 0.329 e. The van der Waals surface area contributed by atoms with Gasteiger partial charge in [-0.1, -0.05) is 18.0 Å². The normalized spacial score (nSPS) is 14.0. The van der Waals surface area contributed by atoms with Crippen LogP contribution in [0.2, 0.25) is 0 Å². The van der Waals surface area contributed by atoms with E-state index in [0.717, 1.165) is 5.52 Å². The molecule has 0 radical (unpaired) electrons. The Kier molecular flexibility index (Phi) is 4.27. The molecule has 1 aromatic carbocycles. The van der Waals surface area contributed by atoms with E-state index in [0.29, 0.717) is 6.54 Å². The van der Waals surface area contributed by atoms with Crippen LogP contribution in [0.1, 0.15) is 32.4 Å². The SMILES string of the molecule is CC(C)(C)SNC(CN)c1ccc2scnc2c1. The minimum absolute atomic E-state index is 0.167. The predicted molar refractivity (Wildman–Crippen MR) is 81.9 cm³/mol. The topological polar surface area (TPSA) is 50.9 Å². The number of thiazole rings is 1. The summed E-state index contributed by atoms with van der Waals surface area (Å²) in [5, 5.41) is 0. The Morgan fingerprint density at radius 3 is 2.89 bits per heavy atom. The van der Waals surface area contributed by atoms with Gasteiger partial charge in [0.25, 0.3) is 0 Å². The van der Waals surface area contributed by atoms with E-state index in [1.54, 1.807) is 23.3 Å². The first kappa shape index (κ1) is 13.8. The summed E-state index contributed by atoms with van der Waals surface area (Å²) >= 11 is 3.39. The molecular weight excluding hydrogens is 262 g/mol. The van der Waals surface area contributed by atoms with Crippen LogP contribution >= 0.6 is 23.3 Å². The molecule has 1 atom stereocenters. The van der Waals surface area contributed by atoms with Gasteiger partial charge in [-0.15, -0.1) is 11.3 Å². The molecular formula is C13H19N3S2. The first-order valence-electron chi connectivity index (χ1n) is 5.96. The zero-order chi connectivity index (χ0) is 13.2. The number of nitrogens with one attached hydrogen (secondary N) is 1. The predicted octanol–water partition coefficient (Wildman–Crippen LogP) is 3.33. The number of hydrogen-bond donors (Lipinski definition) is 2. The molecule has 18 heavy (non-hydrogen) atoms. The zero-order valence-corrected chi connectivity index (χ0v) is 12.6. The van der Waals surface area contributed by atoms with Crippen LogP contribution in [0.3, 0.4) is 0 Å². The molecule has 0 saturated heterocycles. The van der Waals surface area contributed by atoms with Gasteiger partial charge in [0.1, 0.15) is 0 Å². The molecule has 0 aliphatic heterocycles. The number of nitrogens with two attached hydrogens (primary N) is 1. The van der Waals surface area contributed by atoms with Crippen molar-refractivity contribution in [3.63, 3.8) is 0 Å². The number of rotatable bonds is 4. The van der Waals surface area contributed by atoms with E-state index >= 15 is 0 Å². The molecule has 1 aromatic heterocycles. The highest BCUT2D eigenvalue weighted by molar-refractivity contribution is 7.98. The Morgan fingerprint density at radius 1 is 1.44 bits per heavy atom. The van der Waals surface area contributed by atoms with E-state index in [-0.39, 0.29) is 10.8 Å². The van der Waals surface area contributed by atoms with Crippen LogP contribution < -0.4 is 10.5 Å². The maximum atomic E-state index is 5.86. The lowest BCUT2D eigenvalue weighted by molar-refractivity contribution is 0.674. The quantitative estimate of drug-likeness (QED) is 0.844. The van der Waals surface area contributed by atoms with E-state index in [1.165, 1.54) is 10.3 Å². The van der Waals surface area contributed by atoms with Crippen LogP contribution in [-0.2, 0) is 0 Å². The van der Waals surface area contributed by atoms with Crippen LogP contribution in [0.25, 0.3) is 10.2 Å². The molecule has 0 aliphatic carbocycles. The van der Waals surface area contributed by atoms with Gasteiger partial charge in [0, 0.05) is 11.3 Å². The van der Waals surface area contributed by atoms with Gasteiger partial charge in [-0.2, -0.15) is 0 Å². The smallest absolute Gasteiger partial charge is 0.0815 e. The first-order chi connectivity index (χ1) is 8.49. The summed E-state index contributed by atoms with van der Waals surface area (Å²) in [5.74, 6) is 0. The summed E-state index contributed by atoms with van der Waals surface area (Å²) in [4.78, 5) is 4.35. The van der Waals surface area contributed by atoms with Crippen molar-refractivity contribution in [1.82, 2.24) is 9.71 Å². The van der Waals surface area contributed by atoms with Gasteiger partial charge in [-0.3, -0.25) is 4.72 Å². The lowest BCUT2D eigenvalue weighted by Gasteiger charge is -2.23. The number of fused-ring (bicyclic) bond motifs is 1. The van der Waals surface area contributed by atoms with Crippen LogP contribution in [0, 0.1) is 0 Å². The second-order valence-electron chi connectivity index (χ2n) is 5.20. The molecule has 0 spiro atoms. The Hall–Kier alpha value is -0.620. The van der Waals surface area contributed by atoms with Crippen LogP contribution in [0.5, 0.6) is 0 Å². The monoisotopic (exact) mass is 281 g/mol. The Balaban J connectivity index is 2.15. The fourth-order valence-corrected chi connectivity index (χ4v) is 2.98. The van der Waals surface area contributed by atoms with E-state index in [1.807, 2.05) is 5.51 Å². The van der Waals surface area contributed by atoms with Gasteiger partial charge >= 0.3 is 0 Å². The van der Waals surface area contributed by atoms with Gasteiger partial charge in [0.15, 0.2) is 0 Å². The zero-order valence-electron chi connectivity index (χ0n) is 10.9. The van der Waals surface area contributed by atoms with Crippen LogP contribution in [0.4, 0.5) is 0 Å². The lowest BCUT2D eigenvalue weighted by Crippen LogP contribution is -2.27. The average molecular weight is 281 g/mol. The highest BCUT2D eigenvalue weighted by Gasteiger charge is 2.16. The van der Waals surface area contributed by atoms with E-state index in [4.69, 9.17) is 5.73 Å². The highest BCUT2D eigenvalue weighted by atomic mass is 32.2. The van der Waals surface area contributed by atoms with Crippen molar-refractivity contribution in [1.29, 1.82) is 0 Å². The average Bonchev–Trinajstić information content (AvgIpc) is 2.75. The summed E-state index contributed by atoms with van der Waals surface area (Å²) in [6.45, 7) is 7.13. The van der Waals surface area contributed by atoms with Gasteiger partial charge < -0.3 is 5.73 Å². The minimum atomic E-state index is 0.167. The van der Waals surface area contributed by atoms with E-state index < -0.39 is 0 Å². The van der Waals surface area contributed by atoms with Crippen molar-refractivity contribution in [2.24, 2.45) is 5.73 Å². The second kappa shape index (κ2) is 5.57. The van der Waals surface area contributed by atoms with Gasteiger partial charge in [-0.05, 0) is 38.5 Å². The van der Waals surface area contributed by atoms with Crippen molar-refractivity contribution in [2.75, 3.05) is 6.54 Å². The molecule has 98 valence electrons. The summed E-state index contributed by atoms with van der Waals surface area (Å²) in [6, 6.07) is 6.54. The molecule has 2 aromatic rings. The van der Waals surface area contributed by atoms with Crippen LogP contribution in [-0.4, -0.2) is 16.3 Å². The molecule has 3 N–H and O–H groups in total. The van der Waals surface area contributed by atoms with E-state index in [9.17, 15) is 0 Å².